The first kappa shape index (κ1) is 28.0. The molecule has 4 aromatic rings. The van der Waals surface area contributed by atoms with E-state index < -0.39 is 12.0 Å². The number of benzene rings is 4. The van der Waals surface area contributed by atoms with Gasteiger partial charge in [-0.15, -0.1) is 0 Å². The van der Waals surface area contributed by atoms with Crippen molar-refractivity contribution in [2.45, 2.75) is 31.7 Å². The van der Waals surface area contributed by atoms with Crippen LogP contribution in [0.3, 0.4) is 0 Å². The van der Waals surface area contributed by atoms with E-state index in [4.69, 9.17) is 4.74 Å². The zero-order valence-electron chi connectivity index (χ0n) is 23.1. The lowest BCUT2D eigenvalue weighted by atomic mass is 9.85. The molecule has 2 N–H and O–H groups in total. The SMILES string of the molecule is O=C(c1ccccc1)c1ccccc1N[C@@H](Cc1ccc(OCCN(CC2CCC2)c2ccccc2)cc1)C(=O)O. The van der Waals surface area contributed by atoms with Crippen LogP contribution in [-0.4, -0.2) is 42.6 Å². The Morgan fingerprint density at radius 1 is 0.854 bits per heavy atom. The van der Waals surface area contributed by atoms with E-state index in [1.54, 1.807) is 36.4 Å². The summed E-state index contributed by atoms with van der Waals surface area (Å²) in [5, 5.41) is 13.1. The van der Waals surface area contributed by atoms with Crippen molar-refractivity contribution in [2.24, 2.45) is 5.92 Å². The van der Waals surface area contributed by atoms with Gasteiger partial charge in [-0.1, -0.05) is 79.2 Å². The van der Waals surface area contributed by atoms with Crippen molar-refractivity contribution in [2.75, 3.05) is 29.9 Å². The van der Waals surface area contributed by atoms with Crippen molar-refractivity contribution in [1.29, 1.82) is 0 Å². The van der Waals surface area contributed by atoms with Crippen molar-refractivity contribution < 1.29 is 19.4 Å². The molecule has 0 aliphatic heterocycles. The summed E-state index contributed by atoms with van der Waals surface area (Å²) in [6, 6.07) is 33.2. The van der Waals surface area contributed by atoms with Crippen molar-refractivity contribution >= 4 is 23.1 Å². The van der Waals surface area contributed by atoms with Crippen molar-refractivity contribution in [3.8, 4) is 5.75 Å². The Bertz CT molecular complexity index is 1420. The largest absolute Gasteiger partial charge is 0.492 e. The van der Waals surface area contributed by atoms with Gasteiger partial charge in [0.05, 0.1) is 6.54 Å². The molecule has 0 heterocycles. The number of ether oxygens (including phenoxy) is 1. The van der Waals surface area contributed by atoms with Crippen LogP contribution in [0.15, 0.2) is 109 Å². The van der Waals surface area contributed by atoms with Crippen LogP contribution >= 0.6 is 0 Å². The molecule has 6 heteroatoms. The fourth-order valence-electron chi connectivity index (χ4n) is 5.12. The smallest absolute Gasteiger partial charge is 0.326 e. The summed E-state index contributed by atoms with van der Waals surface area (Å²) in [7, 11) is 0. The predicted octanol–water partition coefficient (Wildman–Crippen LogP) is 6.71. The number of anilines is 2. The molecule has 0 radical (unpaired) electrons. The average molecular weight is 549 g/mol. The average Bonchev–Trinajstić information content (AvgIpc) is 2.99. The number of aliphatic carboxylic acids is 1. The Kier molecular flexibility index (Phi) is 9.32. The highest BCUT2D eigenvalue weighted by Gasteiger charge is 2.22. The van der Waals surface area contributed by atoms with E-state index in [1.807, 2.05) is 48.5 Å². The van der Waals surface area contributed by atoms with Crippen molar-refractivity contribution in [3.05, 3.63) is 126 Å². The molecular formula is C35H36N2O4. The summed E-state index contributed by atoms with van der Waals surface area (Å²) in [6.45, 7) is 2.41. The third-order valence-corrected chi connectivity index (χ3v) is 7.65. The van der Waals surface area contributed by atoms with E-state index in [0.717, 1.165) is 30.3 Å². The van der Waals surface area contributed by atoms with Gasteiger partial charge in [-0.2, -0.15) is 0 Å². The standard InChI is InChI=1S/C35H36N2O4/c38-34(28-12-3-1-4-13-28)31-16-7-8-17-32(31)36-33(35(39)40)24-26-18-20-30(21-19-26)41-23-22-37(25-27-10-9-11-27)29-14-5-2-6-15-29/h1-8,12-21,27,33,36H,9-11,22-25H2,(H,39,40)/t33-/m0/s1. The normalized spacial score (nSPS) is 13.6. The number of nitrogens with zero attached hydrogens (tertiary/aromatic N) is 1. The Labute approximate surface area is 241 Å². The van der Waals surface area contributed by atoms with E-state index in [1.165, 1.54) is 24.9 Å². The fourth-order valence-corrected chi connectivity index (χ4v) is 5.12. The minimum absolute atomic E-state index is 0.155. The van der Waals surface area contributed by atoms with Gasteiger partial charge >= 0.3 is 5.97 Å². The zero-order chi connectivity index (χ0) is 28.4. The minimum atomic E-state index is -0.986. The molecule has 0 spiro atoms. The van der Waals surface area contributed by atoms with E-state index in [0.29, 0.717) is 23.4 Å². The summed E-state index contributed by atoms with van der Waals surface area (Å²) in [5.41, 5.74) is 3.57. The van der Waals surface area contributed by atoms with Crippen LogP contribution in [0.25, 0.3) is 0 Å². The highest BCUT2D eigenvalue weighted by Crippen LogP contribution is 2.29. The van der Waals surface area contributed by atoms with Crippen LogP contribution in [0.5, 0.6) is 5.75 Å². The Hall–Kier alpha value is -4.58. The molecule has 6 nitrogen and oxygen atoms in total. The first-order valence-corrected chi connectivity index (χ1v) is 14.3. The summed E-state index contributed by atoms with van der Waals surface area (Å²) >= 11 is 0. The molecule has 1 saturated carbocycles. The van der Waals surface area contributed by atoms with Crippen LogP contribution in [0, 0.1) is 5.92 Å². The number of nitrogens with one attached hydrogen (secondary N) is 1. The lowest BCUT2D eigenvalue weighted by molar-refractivity contribution is -0.137. The molecule has 0 bridgehead atoms. The molecule has 0 aromatic heterocycles. The highest BCUT2D eigenvalue weighted by atomic mass is 16.5. The van der Waals surface area contributed by atoms with Gasteiger partial charge < -0.3 is 20.1 Å². The molecule has 0 amide bonds. The highest BCUT2D eigenvalue weighted by molar-refractivity contribution is 6.12. The fraction of sp³-hybridized carbons (Fsp3) is 0.257. The first-order chi connectivity index (χ1) is 20.1. The number of carboxylic acids is 1. The molecule has 5 rings (SSSR count). The van der Waals surface area contributed by atoms with E-state index in [2.05, 4.69) is 34.5 Å². The number of para-hydroxylation sites is 2. The summed E-state index contributed by atoms with van der Waals surface area (Å²) in [5.74, 6) is 0.371. The summed E-state index contributed by atoms with van der Waals surface area (Å²) in [4.78, 5) is 27.7. The molecule has 0 unspecified atom stereocenters. The second-order valence-electron chi connectivity index (χ2n) is 10.6. The number of carbonyl (C=O) groups excluding carboxylic acids is 1. The lowest BCUT2D eigenvalue weighted by Gasteiger charge is -2.33. The molecule has 41 heavy (non-hydrogen) atoms. The van der Waals surface area contributed by atoms with E-state index >= 15 is 0 Å². The first-order valence-electron chi connectivity index (χ1n) is 14.3. The molecule has 1 fully saturated rings. The van der Waals surface area contributed by atoms with Crippen LogP contribution in [0.4, 0.5) is 11.4 Å². The predicted molar refractivity (Wildman–Crippen MR) is 163 cm³/mol. The number of carbonyl (C=O) groups is 2. The second kappa shape index (κ2) is 13.7. The van der Waals surface area contributed by atoms with Crippen LogP contribution in [0.1, 0.15) is 40.7 Å². The van der Waals surface area contributed by atoms with Gasteiger partial charge in [-0.25, -0.2) is 4.79 Å². The number of rotatable bonds is 14. The molecule has 1 aliphatic carbocycles. The topological polar surface area (TPSA) is 78.9 Å². The van der Waals surface area contributed by atoms with E-state index in [9.17, 15) is 14.7 Å². The minimum Gasteiger partial charge on any atom is -0.492 e. The lowest BCUT2D eigenvalue weighted by Crippen LogP contribution is -2.35. The molecule has 0 saturated heterocycles. The van der Waals surface area contributed by atoms with Crippen molar-refractivity contribution in [3.63, 3.8) is 0 Å². The quantitative estimate of drug-likeness (QED) is 0.171. The number of hydrogen-bond acceptors (Lipinski definition) is 5. The number of carboxylic acid groups (broad SMARTS) is 1. The van der Waals surface area contributed by atoms with Crippen LogP contribution < -0.4 is 15.0 Å². The van der Waals surface area contributed by atoms with E-state index in [-0.39, 0.29) is 12.2 Å². The van der Waals surface area contributed by atoms with Crippen LogP contribution in [-0.2, 0) is 11.2 Å². The van der Waals surface area contributed by atoms with Gasteiger partial charge in [0.2, 0.25) is 0 Å². The third kappa shape index (κ3) is 7.54. The third-order valence-electron chi connectivity index (χ3n) is 7.65. The molecule has 1 aliphatic rings. The summed E-state index contributed by atoms with van der Waals surface area (Å²) in [6.07, 6.45) is 4.18. The molecule has 1 atom stereocenters. The molecular weight excluding hydrogens is 512 g/mol. The Morgan fingerprint density at radius 3 is 2.17 bits per heavy atom. The number of hydrogen-bond donors (Lipinski definition) is 2. The van der Waals surface area contributed by atoms with Gasteiger partial charge in [0.15, 0.2) is 5.78 Å². The number of ketones is 1. The molecule has 210 valence electrons. The zero-order valence-corrected chi connectivity index (χ0v) is 23.1. The molecule has 4 aromatic carbocycles. The Balaban J connectivity index is 1.19. The second-order valence-corrected chi connectivity index (χ2v) is 10.6. The van der Waals surface area contributed by atoms with Gasteiger partial charge in [0.25, 0.3) is 0 Å². The maximum atomic E-state index is 13.1. The maximum absolute atomic E-state index is 13.1. The van der Waals surface area contributed by atoms with Gasteiger partial charge in [0.1, 0.15) is 18.4 Å². The maximum Gasteiger partial charge on any atom is 0.326 e. The summed E-state index contributed by atoms with van der Waals surface area (Å²) < 4.78 is 6.07. The monoisotopic (exact) mass is 548 g/mol. The van der Waals surface area contributed by atoms with Gasteiger partial charge in [0, 0.05) is 35.5 Å². The van der Waals surface area contributed by atoms with Gasteiger partial charge in [-0.3, -0.25) is 4.79 Å². The van der Waals surface area contributed by atoms with Gasteiger partial charge in [-0.05, 0) is 60.7 Å². The van der Waals surface area contributed by atoms with Crippen molar-refractivity contribution in [1.82, 2.24) is 0 Å². The Morgan fingerprint density at radius 2 is 1.51 bits per heavy atom. The van der Waals surface area contributed by atoms with Crippen LogP contribution in [0.2, 0.25) is 0 Å².